The Bertz CT molecular complexity index is 1400. The van der Waals surface area contributed by atoms with Gasteiger partial charge in [-0.1, -0.05) is 25.1 Å². The van der Waals surface area contributed by atoms with Crippen LogP contribution in [0, 0.1) is 5.92 Å². The minimum atomic E-state index is -0.575. The van der Waals surface area contributed by atoms with Gasteiger partial charge in [-0.05, 0) is 49.6 Å². The third-order valence-corrected chi connectivity index (χ3v) is 6.05. The van der Waals surface area contributed by atoms with Crippen LogP contribution >= 0.6 is 0 Å². The van der Waals surface area contributed by atoms with Crippen molar-refractivity contribution in [2.75, 3.05) is 13.1 Å². The van der Waals surface area contributed by atoms with Crippen molar-refractivity contribution < 1.29 is 13.9 Å². The minimum Gasteiger partial charge on any atom is -0.507 e. The average Bonchev–Trinajstić information content (AvgIpc) is 2.75. The van der Waals surface area contributed by atoms with Crippen molar-refractivity contribution in [2.45, 2.75) is 26.3 Å². The molecule has 0 unspecified atom stereocenters. The fourth-order valence-corrected chi connectivity index (χ4v) is 4.55. The Kier molecular flexibility index (Phi) is 4.87. The van der Waals surface area contributed by atoms with E-state index in [9.17, 15) is 14.7 Å². The van der Waals surface area contributed by atoms with Gasteiger partial charge in [0, 0.05) is 35.5 Å². The zero-order valence-corrected chi connectivity index (χ0v) is 17.3. The summed E-state index contributed by atoms with van der Waals surface area (Å²) < 4.78 is 11.0. The third-order valence-electron chi connectivity index (χ3n) is 6.05. The van der Waals surface area contributed by atoms with Crippen LogP contribution in [0.25, 0.3) is 33.1 Å². The molecule has 0 spiro atoms. The van der Waals surface area contributed by atoms with E-state index >= 15 is 0 Å². The maximum Gasteiger partial charge on any atom is 0.344 e. The van der Waals surface area contributed by atoms with E-state index in [0.29, 0.717) is 45.7 Å². The van der Waals surface area contributed by atoms with Gasteiger partial charge in [0.25, 0.3) is 0 Å². The Balaban J connectivity index is 1.70. The summed E-state index contributed by atoms with van der Waals surface area (Å²) in [6.07, 6.45) is 2.29. The second kappa shape index (κ2) is 7.71. The minimum absolute atomic E-state index is 0.0802. The van der Waals surface area contributed by atoms with Crippen molar-refractivity contribution in [1.29, 1.82) is 0 Å². The molecule has 0 radical (unpaired) electrons. The lowest BCUT2D eigenvalue weighted by molar-refractivity contribution is 0.175. The first-order valence-corrected chi connectivity index (χ1v) is 10.5. The number of nitrogens with zero attached hydrogens (tertiary/aromatic N) is 1. The van der Waals surface area contributed by atoms with Crippen molar-refractivity contribution >= 4 is 21.9 Å². The molecule has 6 nitrogen and oxygen atoms in total. The largest absolute Gasteiger partial charge is 0.507 e. The lowest BCUT2D eigenvalue weighted by Gasteiger charge is -2.31. The molecule has 3 heterocycles. The topological polar surface area (TPSA) is 83.9 Å². The third kappa shape index (κ3) is 3.64. The first-order valence-electron chi connectivity index (χ1n) is 10.5. The Morgan fingerprint density at radius 1 is 1.06 bits per heavy atom. The maximum atomic E-state index is 12.7. The fraction of sp³-hybridized carbons (Fsp3) is 0.280. The lowest BCUT2D eigenvalue weighted by Crippen LogP contribution is -2.33. The monoisotopic (exact) mass is 417 g/mol. The summed E-state index contributed by atoms with van der Waals surface area (Å²) >= 11 is 0. The number of para-hydroxylation sites is 1. The predicted molar refractivity (Wildman–Crippen MR) is 119 cm³/mol. The van der Waals surface area contributed by atoms with E-state index in [1.54, 1.807) is 30.3 Å². The smallest absolute Gasteiger partial charge is 0.344 e. The van der Waals surface area contributed by atoms with Crippen LogP contribution < -0.4 is 11.3 Å². The van der Waals surface area contributed by atoms with Crippen LogP contribution in [-0.4, -0.2) is 23.1 Å². The van der Waals surface area contributed by atoms with Gasteiger partial charge in [0.15, 0.2) is 0 Å². The summed E-state index contributed by atoms with van der Waals surface area (Å²) in [5.41, 5.74) is 1.00. The highest BCUT2D eigenvalue weighted by Gasteiger charge is 2.22. The molecule has 1 N–H and O–H groups in total. The zero-order valence-electron chi connectivity index (χ0n) is 17.3. The van der Waals surface area contributed by atoms with Crippen LogP contribution in [0.3, 0.4) is 0 Å². The Hall–Kier alpha value is -3.38. The van der Waals surface area contributed by atoms with Crippen LogP contribution in [0.5, 0.6) is 5.75 Å². The molecule has 0 aliphatic carbocycles. The van der Waals surface area contributed by atoms with E-state index in [1.807, 2.05) is 12.1 Å². The molecule has 6 heteroatoms. The summed E-state index contributed by atoms with van der Waals surface area (Å²) in [5, 5.41) is 11.9. The number of fused-ring (bicyclic) bond motifs is 2. The molecule has 158 valence electrons. The summed E-state index contributed by atoms with van der Waals surface area (Å²) in [6, 6.07) is 13.6. The highest BCUT2D eigenvalue weighted by Crippen LogP contribution is 2.34. The standard InChI is InChI=1S/C25H23NO5/c1-15-5-4-10-26(13-15)14-20-21(27)9-8-17-18(12-23(28)31-24(17)20)19-11-16-6-2-3-7-22(16)30-25(19)29/h2-3,6-9,11-12,15,27H,4-5,10,13-14H2,1H3/t15-/m1/s1. The number of phenolic OH excluding ortho intramolecular Hbond substituents is 1. The van der Waals surface area contributed by atoms with Gasteiger partial charge in [0.2, 0.25) is 0 Å². The number of rotatable bonds is 3. The van der Waals surface area contributed by atoms with Crippen LogP contribution in [0.1, 0.15) is 25.3 Å². The molecule has 1 aliphatic heterocycles. The van der Waals surface area contributed by atoms with Crippen molar-refractivity contribution in [3.8, 4) is 16.9 Å². The van der Waals surface area contributed by atoms with Gasteiger partial charge in [0.05, 0.1) is 11.1 Å². The Labute approximate surface area is 178 Å². The number of benzene rings is 2. The van der Waals surface area contributed by atoms with Crippen LogP contribution in [0.4, 0.5) is 0 Å². The van der Waals surface area contributed by atoms with Crippen LogP contribution in [0.2, 0.25) is 0 Å². The number of hydrogen-bond acceptors (Lipinski definition) is 6. The molecular weight excluding hydrogens is 394 g/mol. The molecule has 0 saturated carbocycles. The Morgan fingerprint density at radius 3 is 2.74 bits per heavy atom. The molecule has 5 rings (SSSR count). The summed E-state index contributed by atoms with van der Waals surface area (Å²) in [4.78, 5) is 27.5. The van der Waals surface area contributed by atoms with E-state index in [2.05, 4.69) is 11.8 Å². The van der Waals surface area contributed by atoms with Gasteiger partial charge in [-0.25, -0.2) is 9.59 Å². The molecule has 31 heavy (non-hydrogen) atoms. The molecule has 0 bridgehead atoms. The second-order valence-corrected chi connectivity index (χ2v) is 8.39. The van der Waals surface area contributed by atoms with Crippen molar-refractivity contribution in [3.05, 3.63) is 74.9 Å². The second-order valence-electron chi connectivity index (χ2n) is 8.39. The summed E-state index contributed by atoms with van der Waals surface area (Å²) in [5.74, 6) is 0.659. The van der Waals surface area contributed by atoms with E-state index in [1.165, 1.54) is 12.5 Å². The van der Waals surface area contributed by atoms with Crippen molar-refractivity contribution in [3.63, 3.8) is 0 Å². The quantitative estimate of drug-likeness (QED) is 0.494. The van der Waals surface area contributed by atoms with E-state index < -0.39 is 11.3 Å². The van der Waals surface area contributed by atoms with Crippen molar-refractivity contribution in [2.24, 2.45) is 5.92 Å². The van der Waals surface area contributed by atoms with Gasteiger partial charge in [-0.2, -0.15) is 0 Å². The molecular formula is C25H23NO5. The number of piperidine rings is 1. The first kappa shape index (κ1) is 19.6. The van der Waals surface area contributed by atoms with Gasteiger partial charge < -0.3 is 13.9 Å². The SMILES string of the molecule is C[C@@H]1CCCN(Cc2c(O)ccc3c(-c4cc5ccccc5oc4=O)cc(=O)oc23)C1. The molecule has 1 fully saturated rings. The zero-order chi connectivity index (χ0) is 21.5. The normalized spacial score (nSPS) is 17.4. The van der Waals surface area contributed by atoms with E-state index in [-0.39, 0.29) is 5.75 Å². The first-order chi connectivity index (χ1) is 15.0. The Morgan fingerprint density at radius 2 is 1.90 bits per heavy atom. The highest BCUT2D eigenvalue weighted by atomic mass is 16.4. The molecule has 1 atom stereocenters. The molecule has 0 amide bonds. The van der Waals surface area contributed by atoms with Gasteiger partial charge in [0.1, 0.15) is 16.9 Å². The number of aromatic hydroxyl groups is 1. The number of hydrogen-bond donors (Lipinski definition) is 1. The number of likely N-dealkylation sites (tertiary alicyclic amines) is 1. The molecule has 2 aromatic carbocycles. The molecule has 2 aromatic heterocycles. The highest BCUT2D eigenvalue weighted by molar-refractivity contribution is 5.97. The molecule has 4 aromatic rings. The van der Waals surface area contributed by atoms with Gasteiger partial charge >= 0.3 is 11.3 Å². The van der Waals surface area contributed by atoms with E-state index in [0.717, 1.165) is 24.9 Å². The van der Waals surface area contributed by atoms with Gasteiger partial charge in [-0.3, -0.25) is 4.90 Å². The number of phenols is 1. The molecule has 1 aliphatic rings. The fourth-order valence-electron chi connectivity index (χ4n) is 4.55. The van der Waals surface area contributed by atoms with Crippen molar-refractivity contribution in [1.82, 2.24) is 4.90 Å². The lowest BCUT2D eigenvalue weighted by atomic mass is 9.97. The average molecular weight is 417 g/mol. The summed E-state index contributed by atoms with van der Waals surface area (Å²) in [6.45, 7) is 4.55. The predicted octanol–water partition coefficient (Wildman–Crippen LogP) is 4.50. The van der Waals surface area contributed by atoms with Crippen LogP contribution in [-0.2, 0) is 6.54 Å². The van der Waals surface area contributed by atoms with E-state index in [4.69, 9.17) is 8.83 Å². The maximum absolute atomic E-state index is 12.7. The van der Waals surface area contributed by atoms with Crippen LogP contribution in [0.15, 0.2) is 67.0 Å². The summed E-state index contributed by atoms with van der Waals surface area (Å²) in [7, 11) is 0. The van der Waals surface area contributed by atoms with Gasteiger partial charge in [-0.15, -0.1) is 0 Å². The molecule has 1 saturated heterocycles.